The smallest absolute Gasteiger partial charge is 0.330 e. The molecule has 3 N–H and O–H groups in total. The van der Waals surface area contributed by atoms with Crippen LogP contribution in [-0.4, -0.2) is 50.2 Å². The van der Waals surface area contributed by atoms with Gasteiger partial charge in [-0.3, -0.25) is 15.0 Å². The van der Waals surface area contributed by atoms with E-state index in [1.165, 1.54) is 6.21 Å². The molecule has 35 heavy (non-hydrogen) atoms. The Morgan fingerprint density at radius 2 is 1.94 bits per heavy atom. The summed E-state index contributed by atoms with van der Waals surface area (Å²) >= 11 is 6.76. The summed E-state index contributed by atoms with van der Waals surface area (Å²) in [6.07, 6.45) is 4.67. The molecule has 3 aromatic carbocycles. The van der Waals surface area contributed by atoms with Crippen molar-refractivity contribution in [3.63, 3.8) is 0 Å². The Morgan fingerprint density at radius 3 is 2.74 bits per heavy atom. The molecule has 10 heteroatoms. The third-order valence-corrected chi connectivity index (χ3v) is 5.80. The van der Waals surface area contributed by atoms with Crippen molar-refractivity contribution in [3.05, 3.63) is 77.6 Å². The van der Waals surface area contributed by atoms with Gasteiger partial charge in [0.25, 0.3) is 0 Å². The first-order valence-corrected chi connectivity index (χ1v) is 10.9. The fourth-order valence-electron chi connectivity index (χ4n) is 3.60. The van der Waals surface area contributed by atoms with Gasteiger partial charge in [-0.25, -0.2) is 4.79 Å². The zero-order valence-electron chi connectivity index (χ0n) is 18.1. The number of carboxylic acids is 1. The lowest BCUT2D eigenvalue weighted by Crippen LogP contribution is -2.22. The van der Waals surface area contributed by atoms with Gasteiger partial charge in [-0.15, -0.1) is 0 Å². The molecule has 5 rings (SSSR count). The van der Waals surface area contributed by atoms with E-state index in [4.69, 9.17) is 26.3 Å². The first-order chi connectivity index (χ1) is 17.0. The molecule has 0 saturated heterocycles. The van der Waals surface area contributed by atoms with Crippen molar-refractivity contribution in [2.45, 2.75) is 6.04 Å². The average molecular weight is 488 g/mol. The summed E-state index contributed by atoms with van der Waals surface area (Å²) in [5.74, 6) is -0.725. The van der Waals surface area contributed by atoms with Crippen LogP contribution in [0.5, 0.6) is 0 Å². The van der Waals surface area contributed by atoms with E-state index in [1.807, 2.05) is 36.4 Å². The number of hydrogen-bond donors (Lipinski definition) is 3. The first-order valence-electron chi connectivity index (χ1n) is 10.6. The molecule has 174 valence electrons. The third kappa shape index (κ3) is 4.54. The van der Waals surface area contributed by atoms with Crippen LogP contribution >= 0.6 is 11.6 Å². The van der Waals surface area contributed by atoms with Gasteiger partial charge < -0.3 is 20.1 Å². The number of nitrogens with zero attached hydrogens (tertiary/aromatic N) is 4. The number of hydrogen-bond acceptors (Lipinski definition) is 8. The van der Waals surface area contributed by atoms with Crippen LogP contribution in [0, 0.1) is 0 Å². The maximum atomic E-state index is 11.0. The highest BCUT2D eigenvalue weighted by atomic mass is 35.5. The van der Waals surface area contributed by atoms with Crippen LogP contribution in [0.2, 0.25) is 5.02 Å². The van der Waals surface area contributed by atoms with Gasteiger partial charge in [0.2, 0.25) is 0 Å². The topological polar surface area (TPSA) is 134 Å². The van der Waals surface area contributed by atoms with Gasteiger partial charge in [-0.2, -0.15) is 0 Å². The predicted octanol–water partition coefficient (Wildman–Crippen LogP) is 4.70. The van der Waals surface area contributed by atoms with Crippen molar-refractivity contribution in [3.8, 4) is 11.1 Å². The van der Waals surface area contributed by atoms with Crippen LogP contribution in [0.15, 0.2) is 76.5 Å². The number of benzene rings is 3. The molecule has 0 unspecified atom stereocenters. The summed E-state index contributed by atoms with van der Waals surface area (Å²) in [5, 5.41) is 26.7. The summed E-state index contributed by atoms with van der Waals surface area (Å²) in [5.41, 5.74) is 5.05. The maximum absolute atomic E-state index is 11.0. The van der Waals surface area contributed by atoms with Crippen molar-refractivity contribution in [1.29, 1.82) is 0 Å². The number of aliphatic hydroxyl groups is 1. The number of aliphatic imine (C=N–C) groups is 1. The van der Waals surface area contributed by atoms with E-state index in [0.29, 0.717) is 33.1 Å². The summed E-state index contributed by atoms with van der Waals surface area (Å²) in [6, 6.07) is 15.4. The van der Waals surface area contributed by atoms with Crippen LogP contribution in [0.4, 0.5) is 11.5 Å². The fraction of sp³-hybridized carbons (Fsp3) is 0.0800. The number of fused-ring (bicyclic) bond motifs is 2. The fourth-order valence-corrected chi connectivity index (χ4v) is 3.88. The van der Waals surface area contributed by atoms with E-state index in [2.05, 4.69) is 25.4 Å². The number of aliphatic hydroxyl groups excluding tert-OH is 1. The van der Waals surface area contributed by atoms with Gasteiger partial charge in [0.05, 0.1) is 33.7 Å². The maximum Gasteiger partial charge on any atom is 0.330 e. The summed E-state index contributed by atoms with van der Waals surface area (Å²) < 4.78 is 5.45. The van der Waals surface area contributed by atoms with Crippen molar-refractivity contribution in [2.24, 2.45) is 4.99 Å². The Labute approximate surface area is 203 Å². The second-order valence-electron chi connectivity index (χ2n) is 7.65. The minimum atomic E-state index is -1.22. The highest BCUT2D eigenvalue weighted by molar-refractivity contribution is 6.36. The standard InChI is InChI=1S/C25H18ClN5O4/c26-23-16(15-5-7-18-20(11-15)28-9-8-27-18)2-1-3-19(23)30-24-17-6-4-14(10-22(17)35-31-24)12-29-21(13-32)25(33)34/h1-12,21,32H,13H2,(H,30,31)(H,33,34)/t21-/m0/s1. The van der Waals surface area contributed by atoms with Crippen molar-refractivity contribution in [1.82, 2.24) is 15.1 Å². The zero-order valence-corrected chi connectivity index (χ0v) is 18.8. The molecule has 2 aromatic heterocycles. The van der Waals surface area contributed by atoms with Crippen LogP contribution < -0.4 is 5.32 Å². The lowest BCUT2D eigenvalue weighted by molar-refractivity contribution is -0.139. The minimum Gasteiger partial charge on any atom is -0.480 e. The lowest BCUT2D eigenvalue weighted by Gasteiger charge is -2.11. The Bertz CT molecular complexity index is 1580. The van der Waals surface area contributed by atoms with Gasteiger partial charge in [-0.1, -0.05) is 41.0 Å². The second kappa shape index (κ2) is 9.49. The van der Waals surface area contributed by atoms with Crippen LogP contribution in [0.25, 0.3) is 33.1 Å². The molecular formula is C25H18ClN5O4. The second-order valence-corrected chi connectivity index (χ2v) is 8.03. The summed E-state index contributed by atoms with van der Waals surface area (Å²) in [6.45, 7) is -0.586. The Kier molecular flexibility index (Phi) is 6.09. The molecule has 0 aliphatic rings. The molecule has 0 bridgehead atoms. The van der Waals surface area contributed by atoms with E-state index < -0.39 is 18.6 Å². The predicted molar refractivity (Wildman–Crippen MR) is 133 cm³/mol. The highest BCUT2D eigenvalue weighted by Gasteiger charge is 2.15. The molecule has 5 aromatic rings. The van der Waals surface area contributed by atoms with E-state index in [9.17, 15) is 4.79 Å². The molecule has 0 aliphatic carbocycles. The Balaban J connectivity index is 1.43. The van der Waals surface area contributed by atoms with Gasteiger partial charge in [0, 0.05) is 24.2 Å². The molecule has 0 amide bonds. The quantitative estimate of drug-likeness (QED) is 0.281. The minimum absolute atomic E-state index is 0.477. The highest BCUT2D eigenvalue weighted by Crippen LogP contribution is 2.37. The number of rotatable bonds is 7. The van der Waals surface area contributed by atoms with Gasteiger partial charge >= 0.3 is 5.97 Å². The van der Waals surface area contributed by atoms with E-state index >= 15 is 0 Å². The van der Waals surface area contributed by atoms with Gasteiger partial charge in [-0.05, 0) is 41.5 Å². The van der Waals surface area contributed by atoms with Crippen LogP contribution in [0.1, 0.15) is 5.56 Å². The largest absolute Gasteiger partial charge is 0.480 e. The number of aliphatic carboxylic acids is 1. The average Bonchev–Trinajstić information content (AvgIpc) is 3.27. The monoisotopic (exact) mass is 487 g/mol. The molecule has 0 aliphatic heterocycles. The van der Waals surface area contributed by atoms with Gasteiger partial charge in [0.15, 0.2) is 17.4 Å². The molecular weight excluding hydrogens is 470 g/mol. The van der Waals surface area contributed by atoms with Crippen molar-refractivity contribution in [2.75, 3.05) is 11.9 Å². The molecule has 1 atom stereocenters. The number of aromatic nitrogens is 3. The molecule has 9 nitrogen and oxygen atoms in total. The first kappa shape index (κ1) is 22.5. The number of halogens is 1. The van der Waals surface area contributed by atoms with E-state index in [-0.39, 0.29) is 0 Å². The van der Waals surface area contributed by atoms with Crippen LogP contribution in [-0.2, 0) is 4.79 Å². The number of carbonyl (C=O) groups is 1. The lowest BCUT2D eigenvalue weighted by atomic mass is 10.0. The van der Waals surface area contributed by atoms with E-state index in [1.54, 1.807) is 30.6 Å². The third-order valence-electron chi connectivity index (χ3n) is 5.39. The number of anilines is 2. The number of nitrogens with one attached hydrogen (secondary N) is 1. The molecule has 0 fully saturated rings. The summed E-state index contributed by atoms with van der Waals surface area (Å²) in [7, 11) is 0. The molecule has 2 heterocycles. The SMILES string of the molecule is O=C(O)[C@H](CO)N=Cc1ccc2c(Nc3cccc(-c4ccc5nccnc5c4)c3Cl)noc2c1. The molecule has 0 radical (unpaired) electrons. The van der Waals surface area contributed by atoms with Crippen LogP contribution in [0.3, 0.4) is 0 Å². The van der Waals surface area contributed by atoms with Crippen molar-refractivity contribution >= 4 is 57.3 Å². The normalized spacial score (nSPS) is 12.4. The molecule has 0 spiro atoms. The number of carboxylic acid groups (broad SMARTS) is 1. The zero-order chi connectivity index (χ0) is 24.4. The Morgan fingerprint density at radius 1 is 1.11 bits per heavy atom. The van der Waals surface area contributed by atoms with E-state index in [0.717, 1.165) is 22.2 Å². The van der Waals surface area contributed by atoms with Gasteiger partial charge in [0.1, 0.15) is 0 Å². The van der Waals surface area contributed by atoms with Crippen molar-refractivity contribution < 1.29 is 19.5 Å². The molecule has 0 saturated carbocycles. The summed E-state index contributed by atoms with van der Waals surface area (Å²) in [4.78, 5) is 23.6. The Hall–Kier alpha value is -4.34.